The summed E-state index contributed by atoms with van der Waals surface area (Å²) in [5.74, 6) is 0. The summed E-state index contributed by atoms with van der Waals surface area (Å²) in [4.78, 5) is 14.9. The Morgan fingerprint density at radius 3 is 2.56 bits per heavy atom. The van der Waals surface area contributed by atoms with Crippen LogP contribution in [0, 0.1) is 0 Å². The SMILES string of the molecule is O=C(N[C@H](CCCO)c1ccccc1)N1CC2(CC2)c2ccccc21. The van der Waals surface area contributed by atoms with E-state index in [1.54, 1.807) is 0 Å². The number of urea groups is 1. The number of carbonyl (C=O) groups excluding carboxylic acids is 1. The summed E-state index contributed by atoms with van der Waals surface area (Å²) < 4.78 is 0. The molecule has 0 saturated heterocycles. The van der Waals surface area contributed by atoms with Crippen molar-refractivity contribution in [1.29, 1.82) is 0 Å². The summed E-state index contributed by atoms with van der Waals surface area (Å²) in [5, 5.41) is 12.4. The van der Waals surface area contributed by atoms with Gasteiger partial charge in [0.05, 0.1) is 6.04 Å². The van der Waals surface area contributed by atoms with Crippen LogP contribution in [0.1, 0.15) is 42.9 Å². The molecule has 0 unspecified atom stereocenters. The van der Waals surface area contributed by atoms with Crippen LogP contribution in [0.2, 0.25) is 0 Å². The molecule has 4 rings (SSSR count). The summed E-state index contributed by atoms with van der Waals surface area (Å²) >= 11 is 0. The highest BCUT2D eigenvalue weighted by atomic mass is 16.3. The molecule has 1 saturated carbocycles. The fraction of sp³-hybridized carbons (Fsp3) is 0.381. The van der Waals surface area contributed by atoms with Gasteiger partial charge in [0.2, 0.25) is 0 Å². The van der Waals surface area contributed by atoms with Gasteiger partial charge in [-0.25, -0.2) is 4.79 Å². The van der Waals surface area contributed by atoms with Gasteiger partial charge in [-0.05, 0) is 42.9 Å². The fourth-order valence-corrected chi connectivity index (χ4v) is 3.92. The van der Waals surface area contributed by atoms with E-state index in [-0.39, 0.29) is 24.1 Å². The number of rotatable bonds is 5. The van der Waals surface area contributed by atoms with E-state index in [0.29, 0.717) is 6.42 Å². The van der Waals surface area contributed by atoms with Crippen LogP contribution in [0.3, 0.4) is 0 Å². The summed E-state index contributed by atoms with van der Waals surface area (Å²) in [6.07, 6.45) is 3.73. The molecule has 1 spiro atoms. The number of aliphatic hydroxyl groups excluding tert-OH is 1. The molecule has 0 aromatic heterocycles. The van der Waals surface area contributed by atoms with Gasteiger partial charge in [-0.15, -0.1) is 0 Å². The molecular weight excluding hydrogens is 312 g/mol. The molecule has 2 aromatic rings. The van der Waals surface area contributed by atoms with Crippen molar-refractivity contribution in [3.8, 4) is 0 Å². The van der Waals surface area contributed by atoms with Crippen LogP contribution < -0.4 is 10.2 Å². The molecule has 2 amide bonds. The number of fused-ring (bicyclic) bond motifs is 2. The summed E-state index contributed by atoms with van der Waals surface area (Å²) in [5.41, 5.74) is 3.64. The number of benzene rings is 2. The molecule has 1 atom stereocenters. The van der Waals surface area contributed by atoms with Crippen molar-refractivity contribution >= 4 is 11.7 Å². The number of aliphatic hydroxyl groups is 1. The van der Waals surface area contributed by atoms with Crippen molar-refractivity contribution in [3.05, 3.63) is 65.7 Å². The molecule has 0 radical (unpaired) electrons. The number of nitrogens with zero attached hydrogens (tertiary/aromatic N) is 1. The average Bonchev–Trinajstić information content (AvgIpc) is 3.36. The Labute approximate surface area is 148 Å². The van der Waals surface area contributed by atoms with Crippen LogP contribution in [0.5, 0.6) is 0 Å². The van der Waals surface area contributed by atoms with Crippen molar-refractivity contribution in [2.75, 3.05) is 18.1 Å². The molecule has 0 bridgehead atoms. The van der Waals surface area contributed by atoms with Crippen molar-refractivity contribution in [2.24, 2.45) is 0 Å². The molecule has 130 valence electrons. The van der Waals surface area contributed by atoms with Crippen LogP contribution in [0.4, 0.5) is 10.5 Å². The van der Waals surface area contributed by atoms with Gasteiger partial charge >= 0.3 is 6.03 Å². The van der Waals surface area contributed by atoms with Crippen molar-refractivity contribution in [2.45, 2.75) is 37.1 Å². The van der Waals surface area contributed by atoms with E-state index < -0.39 is 0 Å². The smallest absolute Gasteiger partial charge is 0.322 e. The lowest BCUT2D eigenvalue weighted by Gasteiger charge is -2.24. The van der Waals surface area contributed by atoms with E-state index in [2.05, 4.69) is 17.4 Å². The third-order valence-electron chi connectivity index (χ3n) is 5.48. The Bertz CT molecular complexity index is 756. The van der Waals surface area contributed by atoms with Gasteiger partial charge in [0, 0.05) is 24.3 Å². The topological polar surface area (TPSA) is 52.6 Å². The first kappa shape index (κ1) is 16.2. The number of anilines is 1. The number of para-hydroxylation sites is 1. The summed E-state index contributed by atoms with van der Waals surface area (Å²) in [6, 6.07) is 18.2. The standard InChI is InChI=1S/C21H24N2O2/c24-14-6-10-18(16-7-2-1-3-8-16)22-20(25)23-15-21(12-13-21)17-9-4-5-11-19(17)23/h1-5,7-9,11,18,24H,6,10,12-15H2,(H,22,25)/t18-/m1/s1. The number of hydrogen-bond donors (Lipinski definition) is 2. The summed E-state index contributed by atoms with van der Waals surface area (Å²) in [6.45, 7) is 0.911. The third kappa shape index (κ3) is 3.02. The number of hydrogen-bond acceptors (Lipinski definition) is 2. The van der Waals surface area contributed by atoms with E-state index in [1.165, 1.54) is 18.4 Å². The molecule has 4 heteroatoms. The van der Waals surface area contributed by atoms with Crippen molar-refractivity contribution < 1.29 is 9.90 Å². The Hall–Kier alpha value is -2.33. The number of nitrogens with one attached hydrogen (secondary N) is 1. The zero-order valence-corrected chi connectivity index (χ0v) is 14.3. The number of amides is 2. The third-order valence-corrected chi connectivity index (χ3v) is 5.48. The molecule has 1 aliphatic heterocycles. The van der Waals surface area contributed by atoms with E-state index in [1.807, 2.05) is 47.4 Å². The minimum absolute atomic E-state index is 0.0389. The maximum atomic E-state index is 13.0. The molecule has 4 nitrogen and oxygen atoms in total. The summed E-state index contributed by atoms with van der Waals surface area (Å²) in [7, 11) is 0. The minimum atomic E-state index is -0.0798. The van der Waals surface area contributed by atoms with Gasteiger partial charge in [-0.2, -0.15) is 0 Å². The molecule has 1 fully saturated rings. The zero-order chi connectivity index (χ0) is 17.3. The normalized spacial score (nSPS) is 18.0. The Kier molecular flexibility index (Phi) is 4.22. The first-order valence-corrected chi connectivity index (χ1v) is 9.07. The highest BCUT2D eigenvalue weighted by Crippen LogP contribution is 2.56. The van der Waals surface area contributed by atoms with Crippen LogP contribution >= 0.6 is 0 Å². The van der Waals surface area contributed by atoms with Crippen molar-refractivity contribution in [3.63, 3.8) is 0 Å². The Morgan fingerprint density at radius 2 is 1.84 bits per heavy atom. The van der Waals surface area contributed by atoms with Crippen LogP contribution in [0.15, 0.2) is 54.6 Å². The fourth-order valence-electron chi connectivity index (χ4n) is 3.92. The Morgan fingerprint density at radius 1 is 1.12 bits per heavy atom. The average molecular weight is 336 g/mol. The molecule has 2 aromatic carbocycles. The van der Waals surface area contributed by atoms with Crippen LogP contribution in [-0.2, 0) is 5.41 Å². The highest BCUT2D eigenvalue weighted by Gasteiger charge is 2.52. The maximum absolute atomic E-state index is 13.0. The lowest BCUT2D eigenvalue weighted by molar-refractivity contribution is 0.238. The maximum Gasteiger partial charge on any atom is 0.322 e. The van der Waals surface area contributed by atoms with Gasteiger partial charge in [-0.1, -0.05) is 48.5 Å². The molecule has 1 heterocycles. The lowest BCUT2D eigenvalue weighted by atomic mass is 9.99. The number of carbonyl (C=O) groups is 1. The Balaban J connectivity index is 1.54. The minimum Gasteiger partial charge on any atom is -0.396 e. The van der Waals surface area contributed by atoms with E-state index in [9.17, 15) is 9.90 Å². The predicted molar refractivity (Wildman–Crippen MR) is 98.7 cm³/mol. The predicted octanol–water partition coefficient (Wildman–Crippen LogP) is 3.76. The van der Waals surface area contributed by atoms with E-state index >= 15 is 0 Å². The molecule has 2 N–H and O–H groups in total. The molecular formula is C21H24N2O2. The lowest BCUT2D eigenvalue weighted by Crippen LogP contribution is -2.42. The van der Waals surface area contributed by atoms with Crippen LogP contribution in [0.25, 0.3) is 0 Å². The second kappa shape index (κ2) is 6.52. The first-order chi connectivity index (χ1) is 12.2. The quantitative estimate of drug-likeness (QED) is 0.873. The van der Waals surface area contributed by atoms with Crippen molar-refractivity contribution in [1.82, 2.24) is 5.32 Å². The molecule has 1 aliphatic carbocycles. The molecule has 25 heavy (non-hydrogen) atoms. The second-order valence-electron chi connectivity index (χ2n) is 7.16. The first-order valence-electron chi connectivity index (χ1n) is 9.07. The van der Waals surface area contributed by atoms with Gasteiger partial charge in [0.1, 0.15) is 0 Å². The largest absolute Gasteiger partial charge is 0.396 e. The highest BCUT2D eigenvalue weighted by molar-refractivity contribution is 5.95. The van der Waals surface area contributed by atoms with E-state index in [0.717, 1.165) is 24.2 Å². The monoisotopic (exact) mass is 336 g/mol. The van der Waals surface area contributed by atoms with Gasteiger partial charge in [0.15, 0.2) is 0 Å². The van der Waals surface area contributed by atoms with Crippen LogP contribution in [-0.4, -0.2) is 24.3 Å². The van der Waals surface area contributed by atoms with Gasteiger partial charge in [-0.3, -0.25) is 4.90 Å². The molecule has 2 aliphatic rings. The second-order valence-corrected chi connectivity index (χ2v) is 7.16. The van der Waals surface area contributed by atoms with E-state index in [4.69, 9.17) is 0 Å². The van der Waals surface area contributed by atoms with Gasteiger partial charge < -0.3 is 10.4 Å². The zero-order valence-electron chi connectivity index (χ0n) is 14.3. The van der Waals surface area contributed by atoms with Gasteiger partial charge in [0.25, 0.3) is 0 Å².